The minimum Gasteiger partial charge on any atom is -0.395 e. The van der Waals surface area contributed by atoms with Crippen LogP contribution in [0.5, 0.6) is 11.5 Å². The molecule has 1 N–H and O–H groups in total. The van der Waals surface area contributed by atoms with Gasteiger partial charge in [-0.1, -0.05) is 50.2 Å². The Morgan fingerprint density at radius 3 is 1.60 bits per heavy atom. The van der Waals surface area contributed by atoms with Gasteiger partial charge in [-0.15, -0.1) is 0 Å². The SMILES string of the molecule is CCCOP(=O)(OCCC)OC(OP(=O)(Oc1ccccc1)Oc1ccccc1)OP(O)(=S)OC. The van der Waals surface area contributed by atoms with Crippen molar-refractivity contribution in [2.45, 2.75) is 33.2 Å². The number of phosphoric acid groups is 2. The van der Waals surface area contributed by atoms with Crippen molar-refractivity contribution in [1.82, 2.24) is 0 Å². The molecule has 0 amide bonds. The van der Waals surface area contributed by atoms with E-state index in [4.69, 9.17) is 48.0 Å². The third-order valence-corrected chi connectivity index (χ3v) is 8.04. The molecular formula is C20H29O11P3S. The molecule has 35 heavy (non-hydrogen) atoms. The summed E-state index contributed by atoms with van der Waals surface area (Å²) < 4.78 is 69.0. The predicted octanol–water partition coefficient (Wildman–Crippen LogP) is 6.41. The second-order valence-electron chi connectivity index (χ2n) is 6.63. The second kappa shape index (κ2) is 14.6. The van der Waals surface area contributed by atoms with Gasteiger partial charge in [0.05, 0.1) is 13.2 Å². The van der Waals surface area contributed by atoms with Crippen LogP contribution in [0.15, 0.2) is 60.7 Å². The summed E-state index contributed by atoms with van der Waals surface area (Å²) >= 11 is 4.85. The number of benzene rings is 2. The summed E-state index contributed by atoms with van der Waals surface area (Å²) in [6.45, 7) is -2.62. The van der Waals surface area contributed by atoms with Gasteiger partial charge in [-0.05, 0) is 48.9 Å². The van der Waals surface area contributed by atoms with Crippen LogP contribution in [-0.4, -0.2) is 31.7 Å². The zero-order chi connectivity index (χ0) is 25.8. The van der Waals surface area contributed by atoms with Crippen molar-refractivity contribution in [3.8, 4) is 11.5 Å². The molecular weight excluding hydrogens is 541 g/mol. The average molecular weight is 570 g/mol. The molecule has 2 aromatic carbocycles. The van der Waals surface area contributed by atoms with E-state index in [1.807, 2.05) is 0 Å². The quantitative estimate of drug-likeness (QED) is 0.167. The van der Waals surface area contributed by atoms with Gasteiger partial charge >= 0.3 is 22.4 Å². The molecule has 0 aliphatic heterocycles. The summed E-state index contributed by atoms with van der Waals surface area (Å²) in [6.07, 6.45) is 0.968. The Balaban J connectivity index is 2.40. The van der Waals surface area contributed by atoms with Gasteiger partial charge in [0.1, 0.15) is 11.5 Å². The Labute approximate surface area is 210 Å². The van der Waals surface area contributed by atoms with E-state index in [9.17, 15) is 14.0 Å². The minimum absolute atomic E-state index is 0.00394. The van der Waals surface area contributed by atoms with Crippen LogP contribution in [0.4, 0.5) is 0 Å². The Hall–Kier alpha value is -1.13. The third-order valence-electron chi connectivity index (χ3n) is 3.71. The Kier molecular flexibility index (Phi) is 12.5. The summed E-state index contributed by atoms with van der Waals surface area (Å²) in [6, 6.07) is 16.0. The topological polar surface area (TPSA) is 128 Å². The lowest BCUT2D eigenvalue weighted by molar-refractivity contribution is -0.167. The molecule has 0 radical (unpaired) electrons. The molecule has 0 spiro atoms. The summed E-state index contributed by atoms with van der Waals surface area (Å²) in [5, 5.41) is 0. The fourth-order valence-corrected chi connectivity index (χ4v) is 5.50. The van der Waals surface area contributed by atoms with E-state index in [1.165, 1.54) is 24.3 Å². The van der Waals surface area contributed by atoms with Crippen molar-refractivity contribution in [1.29, 1.82) is 0 Å². The van der Waals surface area contributed by atoms with Gasteiger partial charge in [-0.3, -0.25) is 13.6 Å². The van der Waals surface area contributed by atoms with Crippen LogP contribution >= 0.6 is 22.4 Å². The Morgan fingerprint density at radius 1 is 0.771 bits per heavy atom. The number of rotatable bonds is 17. The third kappa shape index (κ3) is 11.2. The van der Waals surface area contributed by atoms with Crippen LogP contribution in [0.1, 0.15) is 26.7 Å². The molecule has 0 bridgehead atoms. The molecule has 0 saturated carbocycles. The molecule has 0 saturated heterocycles. The maximum Gasteiger partial charge on any atom is 0.591 e. The number of hydrogen-bond acceptors (Lipinski definition) is 11. The lowest BCUT2D eigenvalue weighted by Gasteiger charge is -2.28. The maximum atomic E-state index is 13.7. The summed E-state index contributed by atoms with van der Waals surface area (Å²) in [5.41, 5.74) is 0. The lowest BCUT2D eigenvalue weighted by atomic mass is 10.3. The molecule has 0 heterocycles. The fourth-order valence-electron chi connectivity index (χ4n) is 2.21. The zero-order valence-corrected chi connectivity index (χ0v) is 23.0. The van der Waals surface area contributed by atoms with E-state index in [2.05, 4.69) is 0 Å². The van der Waals surface area contributed by atoms with Crippen molar-refractivity contribution in [2.24, 2.45) is 0 Å². The van der Waals surface area contributed by atoms with Crippen LogP contribution in [0, 0.1) is 0 Å². The van der Waals surface area contributed by atoms with Crippen molar-refractivity contribution in [2.75, 3.05) is 20.3 Å². The molecule has 11 nitrogen and oxygen atoms in total. The standard InChI is InChI=1S/C20H29O11P3S/c1-4-16-25-32(21,26-17-5-2)29-20(31-34(23,35)24-3)30-33(22,27-18-12-8-6-9-13-18)28-19-14-10-7-11-15-19/h6-15,20H,4-5,16-17H2,1-3H3,(H,23,35). The van der Waals surface area contributed by atoms with Crippen molar-refractivity contribution >= 4 is 34.2 Å². The highest BCUT2D eigenvalue weighted by atomic mass is 32.5. The summed E-state index contributed by atoms with van der Waals surface area (Å²) in [5.74, 6) is 0.238. The van der Waals surface area contributed by atoms with Crippen LogP contribution in [0.2, 0.25) is 0 Å². The molecule has 0 aromatic heterocycles. The number of para-hydroxylation sites is 2. The molecule has 0 fully saturated rings. The molecule has 2 atom stereocenters. The van der Waals surface area contributed by atoms with E-state index < -0.39 is 28.8 Å². The maximum absolute atomic E-state index is 13.7. The monoisotopic (exact) mass is 570 g/mol. The molecule has 0 aliphatic rings. The first kappa shape index (κ1) is 30.1. The van der Waals surface area contributed by atoms with Gasteiger partial charge in [-0.25, -0.2) is 18.2 Å². The largest absolute Gasteiger partial charge is 0.591 e. The first-order chi connectivity index (χ1) is 16.6. The second-order valence-corrected chi connectivity index (χ2v) is 12.6. The molecule has 2 unspecified atom stereocenters. The normalized spacial score (nSPS) is 14.7. The van der Waals surface area contributed by atoms with E-state index in [0.29, 0.717) is 12.8 Å². The first-order valence-corrected chi connectivity index (χ1v) is 16.1. The average Bonchev–Trinajstić information content (AvgIpc) is 2.82. The first-order valence-electron chi connectivity index (χ1n) is 10.5. The van der Waals surface area contributed by atoms with Crippen molar-refractivity contribution < 1.29 is 50.2 Å². The summed E-state index contributed by atoms with van der Waals surface area (Å²) in [4.78, 5) is 10.2. The molecule has 2 rings (SSSR count). The van der Waals surface area contributed by atoms with Crippen LogP contribution < -0.4 is 9.05 Å². The summed E-state index contributed by atoms with van der Waals surface area (Å²) in [7, 11) is -7.88. The lowest BCUT2D eigenvalue weighted by Crippen LogP contribution is -2.22. The van der Waals surface area contributed by atoms with Crippen molar-refractivity contribution in [3.63, 3.8) is 0 Å². The van der Waals surface area contributed by atoms with Gasteiger partial charge in [0.2, 0.25) is 0 Å². The van der Waals surface area contributed by atoms with E-state index in [0.717, 1.165) is 7.11 Å². The van der Waals surface area contributed by atoms with E-state index in [1.54, 1.807) is 50.2 Å². The number of hydrogen-bond donors (Lipinski definition) is 1. The number of phosphoric ester groups is 2. The van der Waals surface area contributed by atoms with E-state index >= 15 is 0 Å². The van der Waals surface area contributed by atoms with Crippen LogP contribution in [0.3, 0.4) is 0 Å². The molecule has 196 valence electrons. The zero-order valence-electron chi connectivity index (χ0n) is 19.5. The highest BCUT2D eigenvalue weighted by molar-refractivity contribution is 8.07. The van der Waals surface area contributed by atoms with Gasteiger partial charge in [0, 0.05) is 7.11 Å². The van der Waals surface area contributed by atoms with Gasteiger partial charge < -0.3 is 18.5 Å². The Bertz CT molecular complexity index is 968. The van der Waals surface area contributed by atoms with Gasteiger partial charge in [0.15, 0.2) is 0 Å². The van der Waals surface area contributed by atoms with Gasteiger partial charge in [-0.2, -0.15) is 0 Å². The van der Waals surface area contributed by atoms with Crippen LogP contribution in [-0.2, 0) is 48.1 Å². The molecule has 15 heteroatoms. The fraction of sp³-hybridized carbons (Fsp3) is 0.400. The molecule has 2 aromatic rings. The highest BCUT2D eigenvalue weighted by Crippen LogP contribution is 2.58. The minimum atomic E-state index is -4.63. The smallest absolute Gasteiger partial charge is 0.395 e. The predicted molar refractivity (Wildman–Crippen MR) is 132 cm³/mol. The highest BCUT2D eigenvalue weighted by Gasteiger charge is 2.42. The van der Waals surface area contributed by atoms with Gasteiger partial charge in [0.25, 0.3) is 6.48 Å². The van der Waals surface area contributed by atoms with E-state index in [-0.39, 0.29) is 24.7 Å². The van der Waals surface area contributed by atoms with Crippen molar-refractivity contribution in [3.05, 3.63) is 60.7 Å². The van der Waals surface area contributed by atoms with Crippen LogP contribution in [0.25, 0.3) is 0 Å². The Morgan fingerprint density at radius 2 is 1.20 bits per heavy atom. The molecule has 0 aliphatic carbocycles.